The van der Waals surface area contributed by atoms with Gasteiger partial charge >= 0.3 is 39.5 Å². The molecule has 0 aromatic rings. The Labute approximate surface area is 586 Å². The van der Waals surface area contributed by atoms with Crippen molar-refractivity contribution in [3.8, 4) is 0 Å². The number of rotatable bonds is 74. The molecule has 17 nitrogen and oxygen atoms in total. The van der Waals surface area contributed by atoms with Crippen LogP contribution in [0.2, 0.25) is 0 Å². The number of phosphoric ester groups is 2. The predicted octanol–water partition coefficient (Wildman–Crippen LogP) is 22.3. The summed E-state index contributed by atoms with van der Waals surface area (Å²) in [5.41, 5.74) is 0. The topological polar surface area (TPSA) is 237 Å². The second kappa shape index (κ2) is 68.3. The van der Waals surface area contributed by atoms with Gasteiger partial charge in [0.05, 0.1) is 26.4 Å². The Morgan fingerprint density at radius 3 is 0.885 bits per heavy atom. The van der Waals surface area contributed by atoms with Crippen LogP contribution in [0.4, 0.5) is 0 Å². The lowest BCUT2D eigenvalue weighted by molar-refractivity contribution is -0.161. The molecule has 566 valence electrons. The molecule has 0 radical (unpaired) electrons. The fourth-order valence-corrected chi connectivity index (χ4v) is 12.8. The zero-order valence-corrected chi connectivity index (χ0v) is 63.9. The number of allylic oxidation sites excluding steroid dienone is 4. The van der Waals surface area contributed by atoms with E-state index in [1.165, 1.54) is 180 Å². The molecule has 19 heteroatoms. The number of phosphoric acid groups is 2. The van der Waals surface area contributed by atoms with Gasteiger partial charge < -0.3 is 33.8 Å². The lowest BCUT2D eigenvalue weighted by Crippen LogP contribution is -2.30. The van der Waals surface area contributed by atoms with Crippen molar-refractivity contribution in [3.63, 3.8) is 0 Å². The maximum absolute atomic E-state index is 13.1. The van der Waals surface area contributed by atoms with Crippen LogP contribution in [0.15, 0.2) is 24.3 Å². The first-order valence-electron chi connectivity index (χ1n) is 39.4. The molecule has 3 N–H and O–H groups in total. The SMILES string of the molecule is CCCCCC/C=C\C=C/CCCCCCCC(=O)O[C@H](COC(=O)CCCCCCCCCCCCCCCCC)COP(=O)(O)OC[C@@H](O)COP(=O)(O)OC[C@@H](COC(=O)CCCCCCCCCCC(C)CC)OC(=O)CCCCCCCCCCCCC(C)CC. The van der Waals surface area contributed by atoms with Crippen molar-refractivity contribution >= 4 is 39.5 Å². The predicted molar refractivity (Wildman–Crippen MR) is 391 cm³/mol. The standard InChI is InChI=1S/C77H146O17P2/c1-7-11-13-15-17-19-21-23-25-27-29-34-41-47-53-59-74(79)87-65-72(93-76(81)61-55-49-43-35-30-28-26-24-22-20-18-16-14-12-8-2)67-91-95(83,84)89-63-71(78)64-90-96(85,86)92-68-73(66-88-75(80)60-54-48-42-38-37-40-46-52-58-70(6)10-4)94-77(82)62-56-50-44-36-32-31-33-39-45-51-57-69(5)9-3/h20,22,24,26,69-73,78H,7-19,21,23,25,27-68H2,1-6H3,(H,83,84)(H,85,86)/b22-20-,26-24-/t69?,70?,71-,72-,73-/m1/s1. The molecule has 0 rings (SSSR count). The van der Waals surface area contributed by atoms with Gasteiger partial charge in [0.1, 0.15) is 19.3 Å². The molecule has 0 amide bonds. The van der Waals surface area contributed by atoms with E-state index in [1.807, 2.05) is 0 Å². The van der Waals surface area contributed by atoms with Gasteiger partial charge in [-0.15, -0.1) is 0 Å². The van der Waals surface area contributed by atoms with Crippen LogP contribution in [0, 0.1) is 11.8 Å². The minimum absolute atomic E-state index is 0.0854. The number of carbonyl (C=O) groups excluding carboxylic acids is 4. The van der Waals surface area contributed by atoms with Crippen molar-refractivity contribution in [3.05, 3.63) is 24.3 Å². The maximum Gasteiger partial charge on any atom is 0.472 e. The Morgan fingerprint density at radius 1 is 0.333 bits per heavy atom. The van der Waals surface area contributed by atoms with E-state index in [-0.39, 0.29) is 25.7 Å². The zero-order chi connectivity index (χ0) is 70.7. The Kier molecular flexibility index (Phi) is 66.6. The molecule has 0 saturated heterocycles. The number of hydrogen-bond donors (Lipinski definition) is 3. The van der Waals surface area contributed by atoms with Gasteiger partial charge in [0.2, 0.25) is 0 Å². The van der Waals surface area contributed by atoms with Gasteiger partial charge in [0.15, 0.2) is 12.2 Å². The first kappa shape index (κ1) is 93.5. The third-order valence-corrected chi connectivity index (χ3v) is 20.0. The number of carbonyl (C=O) groups is 4. The van der Waals surface area contributed by atoms with Crippen molar-refractivity contribution in [2.24, 2.45) is 11.8 Å². The van der Waals surface area contributed by atoms with Crippen LogP contribution in [-0.4, -0.2) is 96.7 Å². The average Bonchev–Trinajstić information content (AvgIpc) is 1.87. The molecule has 96 heavy (non-hydrogen) atoms. The van der Waals surface area contributed by atoms with E-state index in [4.69, 9.17) is 37.0 Å². The molecule has 0 spiro atoms. The highest BCUT2D eigenvalue weighted by molar-refractivity contribution is 7.47. The normalized spacial score (nSPS) is 14.7. The smallest absolute Gasteiger partial charge is 0.462 e. The molecular weight excluding hydrogens is 1260 g/mol. The molecule has 0 fully saturated rings. The van der Waals surface area contributed by atoms with Crippen LogP contribution >= 0.6 is 15.6 Å². The zero-order valence-electron chi connectivity index (χ0n) is 62.2. The van der Waals surface area contributed by atoms with Gasteiger partial charge in [0, 0.05) is 25.7 Å². The molecule has 0 aromatic carbocycles. The molecule has 0 aromatic heterocycles. The van der Waals surface area contributed by atoms with Gasteiger partial charge in [-0.3, -0.25) is 37.3 Å². The number of aliphatic hydroxyl groups excluding tert-OH is 1. The molecule has 0 aliphatic rings. The molecule has 4 unspecified atom stereocenters. The molecule has 0 heterocycles. The Morgan fingerprint density at radius 2 is 0.583 bits per heavy atom. The summed E-state index contributed by atoms with van der Waals surface area (Å²) < 4.78 is 68.6. The Bertz CT molecular complexity index is 1950. The molecule has 0 bridgehead atoms. The van der Waals surface area contributed by atoms with Crippen LogP contribution in [0.1, 0.15) is 375 Å². The number of esters is 4. The van der Waals surface area contributed by atoms with Crippen molar-refractivity contribution in [1.29, 1.82) is 0 Å². The Hall–Kier alpha value is -2.46. The third kappa shape index (κ3) is 67.4. The summed E-state index contributed by atoms with van der Waals surface area (Å²) in [6, 6.07) is 0. The van der Waals surface area contributed by atoms with Gasteiger partial charge in [0.25, 0.3) is 0 Å². The van der Waals surface area contributed by atoms with Gasteiger partial charge in [-0.05, 0) is 63.2 Å². The van der Waals surface area contributed by atoms with Crippen molar-refractivity contribution < 1.29 is 80.2 Å². The summed E-state index contributed by atoms with van der Waals surface area (Å²) in [7, 11) is -9.93. The molecule has 0 aliphatic carbocycles. The van der Waals surface area contributed by atoms with E-state index in [2.05, 4.69) is 65.8 Å². The van der Waals surface area contributed by atoms with Crippen LogP contribution in [-0.2, 0) is 65.4 Å². The lowest BCUT2D eigenvalue weighted by Gasteiger charge is -2.21. The number of unbranched alkanes of at least 4 members (excludes halogenated alkanes) is 39. The summed E-state index contributed by atoms with van der Waals surface area (Å²) in [5, 5.41) is 10.6. The molecule has 0 aliphatic heterocycles. The van der Waals surface area contributed by atoms with Crippen LogP contribution in [0.25, 0.3) is 0 Å². The van der Waals surface area contributed by atoms with E-state index >= 15 is 0 Å². The van der Waals surface area contributed by atoms with Gasteiger partial charge in [-0.25, -0.2) is 9.13 Å². The first-order valence-corrected chi connectivity index (χ1v) is 42.4. The number of ether oxygens (including phenoxy) is 4. The Balaban J connectivity index is 5.31. The van der Waals surface area contributed by atoms with Crippen LogP contribution < -0.4 is 0 Å². The van der Waals surface area contributed by atoms with E-state index < -0.39 is 97.5 Å². The van der Waals surface area contributed by atoms with E-state index in [9.17, 15) is 43.2 Å². The summed E-state index contributed by atoms with van der Waals surface area (Å²) in [4.78, 5) is 72.9. The highest BCUT2D eigenvalue weighted by Crippen LogP contribution is 2.45. The molecule has 0 saturated carbocycles. The maximum atomic E-state index is 13.1. The minimum Gasteiger partial charge on any atom is -0.462 e. The highest BCUT2D eigenvalue weighted by atomic mass is 31.2. The van der Waals surface area contributed by atoms with E-state index in [0.717, 1.165) is 115 Å². The van der Waals surface area contributed by atoms with Crippen molar-refractivity contribution in [2.45, 2.75) is 394 Å². The lowest BCUT2D eigenvalue weighted by atomic mass is 9.99. The van der Waals surface area contributed by atoms with Crippen molar-refractivity contribution in [1.82, 2.24) is 0 Å². The van der Waals surface area contributed by atoms with E-state index in [0.29, 0.717) is 25.7 Å². The second-order valence-corrected chi connectivity index (χ2v) is 30.5. The van der Waals surface area contributed by atoms with E-state index in [1.54, 1.807) is 0 Å². The van der Waals surface area contributed by atoms with Crippen molar-refractivity contribution in [2.75, 3.05) is 39.6 Å². The monoisotopic (exact) mass is 1410 g/mol. The molecular formula is C77H146O17P2. The third-order valence-electron chi connectivity index (χ3n) is 18.1. The number of hydrogen-bond acceptors (Lipinski definition) is 15. The second-order valence-electron chi connectivity index (χ2n) is 27.5. The minimum atomic E-state index is -4.97. The quantitative estimate of drug-likeness (QED) is 0.0169. The van der Waals surface area contributed by atoms with Gasteiger partial charge in [-0.2, -0.15) is 0 Å². The molecule has 7 atom stereocenters. The number of aliphatic hydroxyl groups is 1. The summed E-state index contributed by atoms with van der Waals surface area (Å²) >= 11 is 0. The summed E-state index contributed by atoms with van der Waals surface area (Å²) in [6.45, 7) is 9.56. The largest absolute Gasteiger partial charge is 0.472 e. The van der Waals surface area contributed by atoms with Crippen LogP contribution in [0.3, 0.4) is 0 Å². The summed E-state index contributed by atoms with van der Waals surface area (Å²) in [5.74, 6) is -0.567. The fraction of sp³-hybridized carbons (Fsp3) is 0.896. The average molecular weight is 1410 g/mol. The van der Waals surface area contributed by atoms with Gasteiger partial charge in [-0.1, -0.05) is 323 Å². The highest BCUT2D eigenvalue weighted by Gasteiger charge is 2.30. The first-order chi connectivity index (χ1) is 46.4. The fourth-order valence-electron chi connectivity index (χ4n) is 11.2. The van der Waals surface area contributed by atoms with Crippen LogP contribution in [0.5, 0.6) is 0 Å². The summed E-state index contributed by atoms with van der Waals surface area (Å²) in [6.07, 6.45) is 58.8.